The maximum Gasteiger partial charge on any atom is 0.413 e. The molecule has 2 rings (SSSR count). The van der Waals surface area contributed by atoms with Crippen LogP contribution in [-0.2, 0) is 0 Å². The summed E-state index contributed by atoms with van der Waals surface area (Å²) in [4.78, 5) is 11.5. The Balaban J connectivity index is 1.89. The summed E-state index contributed by atoms with van der Waals surface area (Å²) in [7, 11) is 0. The minimum absolute atomic E-state index is 0.0309. The number of carbonyl (C=O) groups is 1. The van der Waals surface area contributed by atoms with Crippen LogP contribution in [0.25, 0.3) is 0 Å². The fourth-order valence-corrected chi connectivity index (χ4v) is 1.76. The molecule has 0 unspecified atom stereocenters. The molecule has 0 radical (unpaired) electrons. The van der Waals surface area contributed by atoms with Crippen molar-refractivity contribution in [2.75, 3.05) is 6.61 Å². The first kappa shape index (κ1) is 11.0. The second-order valence-electron chi connectivity index (χ2n) is 4.12. The Morgan fingerprint density at radius 1 is 1.38 bits per heavy atom. The largest absolute Gasteiger partial charge is 0.413 e. The van der Waals surface area contributed by atoms with Gasteiger partial charge < -0.3 is 15.2 Å². The van der Waals surface area contributed by atoms with Crippen molar-refractivity contribution in [3.05, 3.63) is 30.3 Å². The number of hydrogen-bond donors (Lipinski definition) is 2. The highest BCUT2D eigenvalue weighted by molar-refractivity contribution is 5.71. The molecule has 2 N–H and O–H groups in total. The van der Waals surface area contributed by atoms with Gasteiger partial charge in [-0.15, -0.1) is 0 Å². The van der Waals surface area contributed by atoms with E-state index in [2.05, 4.69) is 5.32 Å². The summed E-state index contributed by atoms with van der Waals surface area (Å²) < 4.78 is 5.09. The normalized spacial score (nSPS) is 17.3. The minimum atomic E-state index is -0.500. The summed E-state index contributed by atoms with van der Waals surface area (Å²) in [5.74, 6) is 0.507. The van der Waals surface area contributed by atoms with Gasteiger partial charge in [0.05, 0.1) is 12.1 Å². The van der Waals surface area contributed by atoms with Gasteiger partial charge in [-0.25, -0.2) is 4.79 Å². The van der Waals surface area contributed by atoms with E-state index in [-0.39, 0.29) is 6.61 Å². The first-order chi connectivity index (χ1) is 7.74. The van der Waals surface area contributed by atoms with Crippen LogP contribution in [0.4, 0.5) is 4.79 Å². The molecule has 0 aliphatic heterocycles. The van der Waals surface area contributed by atoms with Crippen LogP contribution >= 0.6 is 0 Å². The summed E-state index contributed by atoms with van der Waals surface area (Å²) in [6, 6.07) is 8.88. The topological polar surface area (TPSA) is 58.6 Å². The molecule has 1 aliphatic rings. The van der Waals surface area contributed by atoms with Crippen LogP contribution in [0.3, 0.4) is 0 Å². The molecule has 0 spiro atoms. The molecule has 86 valence electrons. The molecule has 16 heavy (non-hydrogen) atoms. The Kier molecular flexibility index (Phi) is 3.10. The Bertz CT molecular complexity index is 354. The molecule has 1 aromatic rings. The Hall–Kier alpha value is -1.55. The van der Waals surface area contributed by atoms with Gasteiger partial charge in [0.25, 0.3) is 0 Å². The van der Waals surface area contributed by atoms with E-state index < -0.39 is 11.6 Å². The fourth-order valence-electron chi connectivity index (χ4n) is 1.76. The predicted octanol–water partition coefficient (Wildman–Crippen LogP) is 1.69. The van der Waals surface area contributed by atoms with Crippen molar-refractivity contribution in [3.63, 3.8) is 0 Å². The number of amides is 1. The van der Waals surface area contributed by atoms with E-state index in [1.165, 1.54) is 0 Å². The lowest BCUT2D eigenvalue weighted by atomic mass is 9.77. The monoisotopic (exact) mass is 221 g/mol. The van der Waals surface area contributed by atoms with Gasteiger partial charge in [-0.05, 0) is 31.4 Å². The van der Waals surface area contributed by atoms with Gasteiger partial charge in [-0.3, -0.25) is 0 Å². The number of ether oxygens (including phenoxy) is 1. The molecule has 1 amide bonds. The summed E-state index contributed by atoms with van der Waals surface area (Å²) in [6.07, 6.45) is 2.16. The van der Waals surface area contributed by atoms with Gasteiger partial charge in [0.1, 0.15) is 5.75 Å². The molecule has 1 aromatic carbocycles. The molecule has 0 heterocycles. The molecular formula is C12H15NO3. The van der Waals surface area contributed by atoms with E-state index in [0.29, 0.717) is 5.75 Å². The zero-order chi connectivity index (χ0) is 11.4. The number of para-hydroxylation sites is 1. The average molecular weight is 221 g/mol. The number of benzene rings is 1. The van der Waals surface area contributed by atoms with Crippen LogP contribution in [0.5, 0.6) is 5.75 Å². The minimum Gasteiger partial charge on any atom is -0.410 e. The van der Waals surface area contributed by atoms with Gasteiger partial charge in [0.15, 0.2) is 0 Å². The number of aliphatic hydroxyl groups is 1. The summed E-state index contributed by atoms with van der Waals surface area (Å²) in [6.45, 7) is -0.0309. The molecule has 4 heteroatoms. The maximum absolute atomic E-state index is 11.5. The van der Waals surface area contributed by atoms with Gasteiger partial charge in [-0.2, -0.15) is 0 Å². The van der Waals surface area contributed by atoms with Gasteiger partial charge >= 0.3 is 6.09 Å². The van der Waals surface area contributed by atoms with Crippen molar-refractivity contribution < 1.29 is 14.6 Å². The zero-order valence-corrected chi connectivity index (χ0v) is 8.98. The Labute approximate surface area is 94.2 Å². The highest BCUT2D eigenvalue weighted by Gasteiger charge is 2.38. The number of carbonyl (C=O) groups excluding carboxylic acids is 1. The molecule has 0 aromatic heterocycles. The quantitative estimate of drug-likeness (QED) is 0.816. The molecule has 0 saturated heterocycles. The van der Waals surface area contributed by atoms with Gasteiger partial charge in [0, 0.05) is 0 Å². The number of nitrogens with one attached hydrogen (secondary N) is 1. The number of hydrogen-bond acceptors (Lipinski definition) is 3. The SMILES string of the molecule is O=C(NC1(CO)CCC1)Oc1ccccc1. The molecular weight excluding hydrogens is 206 g/mol. The Morgan fingerprint density at radius 2 is 2.06 bits per heavy atom. The van der Waals surface area contributed by atoms with Crippen molar-refractivity contribution in [1.29, 1.82) is 0 Å². The van der Waals surface area contributed by atoms with Crippen LogP contribution < -0.4 is 10.1 Å². The van der Waals surface area contributed by atoms with E-state index in [1.807, 2.05) is 6.07 Å². The molecule has 4 nitrogen and oxygen atoms in total. The van der Waals surface area contributed by atoms with E-state index >= 15 is 0 Å². The zero-order valence-electron chi connectivity index (χ0n) is 8.98. The highest BCUT2D eigenvalue weighted by Crippen LogP contribution is 2.31. The van der Waals surface area contributed by atoms with Gasteiger partial charge in [0.2, 0.25) is 0 Å². The van der Waals surface area contributed by atoms with Crippen molar-refractivity contribution in [1.82, 2.24) is 5.32 Å². The van der Waals surface area contributed by atoms with E-state index in [4.69, 9.17) is 4.74 Å². The van der Waals surface area contributed by atoms with E-state index in [1.54, 1.807) is 24.3 Å². The lowest BCUT2D eigenvalue weighted by Gasteiger charge is -2.40. The first-order valence-corrected chi connectivity index (χ1v) is 5.40. The number of aliphatic hydroxyl groups excluding tert-OH is 1. The smallest absolute Gasteiger partial charge is 0.410 e. The molecule has 0 atom stereocenters. The second-order valence-corrected chi connectivity index (χ2v) is 4.12. The predicted molar refractivity (Wildman–Crippen MR) is 59.3 cm³/mol. The lowest BCUT2D eigenvalue weighted by Crippen LogP contribution is -2.56. The van der Waals surface area contributed by atoms with E-state index in [0.717, 1.165) is 19.3 Å². The lowest BCUT2D eigenvalue weighted by molar-refractivity contribution is 0.0862. The summed E-state index contributed by atoms with van der Waals surface area (Å²) in [5, 5.41) is 11.9. The van der Waals surface area contributed by atoms with Crippen molar-refractivity contribution in [2.45, 2.75) is 24.8 Å². The van der Waals surface area contributed by atoms with Crippen molar-refractivity contribution >= 4 is 6.09 Å². The maximum atomic E-state index is 11.5. The molecule has 1 fully saturated rings. The molecule has 0 bridgehead atoms. The van der Waals surface area contributed by atoms with Crippen LogP contribution in [-0.4, -0.2) is 23.3 Å². The molecule has 1 aliphatic carbocycles. The van der Waals surface area contributed by atoms with Crippen LogP contribution in [0.1, 0.15) is 19.3 Å². The van der Waals surface area contributed by atoms with Gasteiger partial charge in [-0.1, -0.05) is 18.2 Å². The van der Waals surface area contributed by atoms with Crippen molar-refractivity contribution in [3.8, 4) is 5.75 Å². The highest BCUT2D eigenvalue weighted by atomic mass is 16.6. The van der Waals surface area contributed by atoms with Crippen LogP contribution in [0.15, 0.2) is 30.3 Å². The summed E-state index contributed by atoms with van der Waals surface area (Å²) in [5.41, 5.74) is -0.453. The third-order valence-electron chi connectivity index (χ3n) is 2.93. The third-order valence-corrected chi connectivity index (χ3v) is 2.93. The summed E-state index contributed by atoms with van der Waals surface area (Å²) >= 11 is 0. The fraction of sp³-hybridized carbons (Fsp3) is 0.417. The number of rotatable bonds is 3. The second kappa shape index (κ2) is 4.53. The van der Waals surface area contributed by atoms with E-state index in [9.17, 15) is 9.90 Å². The molecule has 1 saturated carbocycles. The van der Waals surface area contributed by atoms with Crippen LogP contribution in [0, 0.1) is 0 Å². The van der Waals surface area contributed by atoms with Crippen molar-refractivity contribution in [2.24, 2.45) is 0 Å². The first-order valence-electron chi connectivity index (χ1n) is 5.40. The third kappa shape index (κ3) is 2.33. The average Bonchev–Trinajstić information content (AvgIpc) is 2.25. The van der Waals surface area contributed by atoms with Crippen LogP contribution in [0.2, 0.25) is 0 Å². The standard InChI is InChI=1S/C12H15NO3/c14-9-12(7-4-8-12)13-11(15)16-10-5-2-1-3-6-10/h1-3,5-6,14H,4,7-9H2,(H,13,15). The Morgan fingerprint density at radius 3 is 2.56 bits per heavy atom.